The van der Waals surface area contributed by atoms with E-state index in [1.54, 1.807) is 18.2 Å². The first-order valence-corrected chi connectivity index (χ1v) is 11.0. The number of carboxylic acid groups (broad SMARTS) is 1. The van der Waals surface area contributed by atoms with E-state index in [-0.39, 0.29) is 32.5 Å². The molecule has 27 heavy (non-hydrogen) atoms. The van der Waals surface area contributed by atoms with Gasteiger partial charge < -0.3 is 9.84 Å². The van der Waals surface area contributed by atoms with Gasteiger partial charge in [0.25, 0.3) is 10.0 Å². The van der Waals surface area contributed by atoms with Crippen molar-refractivity contribution in [1.29, 1.82) is 0 Å². The first kappa shape index (κ1) is 20.1. The van der Waals surface area contributed by atoms with Crippen LogP contribution < -0.4 is 9.04 Å². The summed E-state index contributed by atoms with van der Waals surface area (Å²) in [6.07, 6.45) is 0. The fraction of sp³-hybridized carbons (Fsp3) is 0.235. The number of hydrogen-bond acceptors (Lipinski definition) is 5. The highest BCUT2D eigenvalue weighted by molar-refractivity contribution is 8.00. The van der Waals surface area contributed by atoms with Crippen molar-refractivity contribution in [2.45, 2.75) is 10.1 Å². The van der Waals surface area contributed by atoms with Crippen LogP contribution in [0, 0.1) is 0 Å². The Kier molecular flexibility index (Phi) is 5.81. The Labute approximate surface area is 171 Å². The van der Waals surface area contributed by atoms with Crippen molar-refractivity contribution >= 4 is 56.6 Å². The van der Waals surface area contributed by atoms with E-state index in [0.29, 0.717) is 17.0 Å². The van der Waals surface area contributed by atoms with E-state index in [2.05, 4.69) is 0 Å². The fourth-order valence-corrected chi connectivity index (χ4v) is 5.75. The summed E-state index contributed by atoms with van der Waals surface area (Å²) in [5.41, 5.74) is 1.20. The minimum atomic E-state index is -3.89. The van der Waals surface area contributed by atoms with Crippen LogP contribution in [-0.2, 0) is 14.8 Å². The zero-order valence-corrected chi connectivity index (χ0v) is 17.2. The number of carboxylic acids is 1. The number of aliphatic carboxylic acids is 1. The van der Waals surface area contributed by atoms with Gasteiger partial charge in [0, 0.05) is 0 Å². The SMILES string of the molecule is COc1ccc2c(c1)C(SCC(=O)O)CN2S(=O)(=O)c1ccc(Cl)c(Cl)c1. The molecule has 1 unspecified atom stereocenters. The van der Waals surface area contributed by atoms with Gasteiger partial charge >= 0.3 is 5.97 Å². The van der Waals surface area contributed by atoms with Gasteiger partial charge in [-0.15, -0.1) is 11.8 Å². The van der Waals surface area contributed by atoms with Crippen molar-refractivity contribution in [2.75, 3.05) is 23.7 Å². The molecule has 0 saturated heterocycles. The maximum Gasteiger partial charge on any atom is 0.313 e. The number of thioether (sulfide) groups is 1. The Morgan fingerprint density at radius 1 is 1.26 bits per heavy atom. The summed E-state index contributed by atoms with van der Waals surface area (Å²) in [6.45, 7) is 0.114. The number of benzene rings is 2. The number of carbonyl (C=O) groups is 1. The third-order valence-electron chi connectivity index (χ3n) is 4.07. The molecule has 1 N–H and O–H groups in total. The van der Waals surface area contributed by atoms with Crippen LogP contribution in [0.3, 0.4) is 0 Å². The maximum absolute atomic E-state index is 13.2. The molecule has 144 valence electrons. The van der Waals surface area contributed by atoms with Crippen molar-refractivity contribution < 1.29 is 23.1 Å². The zero-order chi connectivity index (χ0) is 19.8. The summed E-state index contributed by atoms with van der Waals surface area (Å²) in [4.78, 5) is 11.0. The molecule has 1 atom stereocenters. The lowest BCUT2D eigenvalue weighted by molar-refractivity contribution is -0.133. The molecule has 0 aromatic heterocycles. The molecule has 1 heterocycles. The Morgan fingerprint density at radius 3 is 2.63 bits per heavy atom. The summed E-state index contributed by atoms with van der Waals surface area (Å²) >= 11 is 13.0. The molecule has 1 aliphatic heterocycles. The fourth-order valence-electron chi connectivity index (χ4n) is 2.80. The molecule has 2 aromatic carbocycles. The van der Waals surface area contributed by atoms with Crippen LogP contribution in [0.1, 0.15) is 10.8 Å². The maximum atomic E-state index is 13.2. The van der Waals surface area contributed by atoms with Crippen LogP contribution in [0.2, 0.25) is 10.0 Å². The third-order valence-corrected chi connectivity index (χ3v) is 7.80. The van der Waals surface area contributed by atoms with Crippen molar-refractivity contribution in [3.05, 3.63) is 52.0 Å². The zero-order valence-electron chi connectivity index (χ0n) is 14.1. The molecule has 0 amide bonds. The second-order valence-electron chi connectivity index (χ2n) is 5.73. The van der Waals surface area contributed by atoms with E-state index in [1.807, 2.05) is 0 Å². The van der Waals surface area contributed by atoms with Crippen molar-refractivity contribution in [1.82, 2.24) is 0 Å². The quantitative estimate of drug-likeness (QED) is 0.718. The second kappa shape index (κ2) is 7.79. The monoisotopic (exact) mass is 447 g/mol. The summed E-state index contributed by atoms with van der Waals surface area (Å²) in [7, 11) is -2.38. The lowest BCUT2D eigenvalue weighted by atomic mass is 10.1. The lowest BCUT2D eigenvalue weighted by Crippen LogP contribution is -2.29. The number of fused-ring (bicyclic) bond motifs is 1. The number of methoxy groups -OCH3 is 1. The van der Waals surface area contributed by atoms with E-state index < -0.39 is 16.0 Å². The number of halogens is 2. The number of sulfonamides is 1. The normalized spacial score (nSPS) is 16.3. The predicted octanol–water partition coefficient (Wildman–Crippen LogP) is 4.07. The summed E-state index contributed by atoms with van der Waals surface area (Å²) in [5.74, 6) is -0.527. The van der Waals surface area contributed by atoms with Gasteiger partial charge in [0.2, 0.25) is 0 Å². The summed E-state index contributed by atoms with van der Waals surface area (Å²) in [5, 5.41) is 9.05. The van der Waals surface area contributed by atoms with Crippen LogP contribution in [-0.4, -0.2) is 38.9 Å². The Balaban J connectivity index is 2.03. The minimum Gasteiger partial charge on any atom is -0.497 e. The first-order chi connectivity index (χ1) is 12.7. The van der Waals surface area contributed by atoms with Crippen LogP contribution in [0.25, 0.3) is 0 Å². The van der Waals surface area contributed by atoms with Crippen molar-refractivity contribution in [3.8, 4) is 5.75 Å². The van der Waals surface area contributed by atoms with E-state index >= 15 is 0 Å². The molecule has 0 saturated carbocycles. The summed E-state index contributed by atoms with van der Waals surface area (Å²) < 4.78 is 32.8. The van der Waals surface area contributed by atoms with Gasteiger partial charge in [-0.05, 0) is 42.0 Å². The number of ether oxygens (including phenoxy) is 1. The van der Waals surface area contributed by atoms with E-state index in [4.69, 9.17) is 33.0 Å². The van der Waals surface area contributed by atoms with Gasteiger partial charge in [-0.3, -0.25) is 9.10 Å². The molecule has 0 bridgehead atoms. The predicted molar refractivity (Wildman–Crippen MR) is 107 cm³/mol. The standard InChI is InChI=1S/C17H15Cl2NO5S2/c1-25-10-2-5-15-12(6-10)16(26-9-17(21)22)8-20(15)27(23,24)11-3-4-13(18)14(19)7-11/h2-7,16H,8-9H2,1H3,(H,21,22). The van der Waals surface area contributed by atoms with Crippen LogP contribution in [0.4, 0.5) is 5.69 Å². The molecule has 1 aliphatic rings. The molecule has 0 fully saturated rings. The average molecular weight is 448 g/mol. The highest BCUT2D eigenvalue weighted by Gasteiger charge is 2.37. The van der Waals surface area contributed by atoms with E-state index in [0.717, 1.165) is 0 Å². The van der Waals surface area contributed by atoms with Gasteiger partial charge in [0.05, 0.1) is 45.3 Å². The minimum absolute atomic E-state index is 0.0163. The van der Waals surface area contributed by atoms with Crippen molar-refractivity contribution in [2.24, 2.45) is 0 Å². The molecule has 0 aliphatic carbocycles. The number of hydrogen-bond donors (Lipinski definition) is 1. The van der Waals surface area contributed by atoms with E-state index in [9.17, 15) is 13.2 Å². The van der Waals surface area contributed by atoms with Gasteiger partial charge in [-0.1, -0.05) is 23.2 Å². The Bertz CT molecular complexity index is 997. The van der Waals surface area contributed by atoms with Crippen molar-refractivity contribution in [3.63, 3.8) is 0 Å². The molecule has 6 nitrogen and oxygen atoms in total. The first-order valence-electron chi connectivity index (χ1n) is 7.73. The van der Waals surface area contributed by atoms with E-state index in [1.165, 1.54) is 41.4 Å². The Morgan fingerprint density at radius 2 is 2.00 bits per heavy atom. The highest BCUT2D eigenvalue weighted by atomic mass is 35.5. The molecular formula is C17H15Cl2NO5S2. The average Bonchev–Trinajstić information content (AvgIpc) is 3.00. The lowest BCUT2D eigenvalue weighted by Gasteiger charge is -2.20. The van der Waals surface area contributed by atoms with Crippen LogP contribution in [0.15, 0.2) is 41.3 Å². The van der Waals surface area contributed by atoms with Gasteiger partial charge in [-0.2, -0.15) is 0 Å². The largest absolute Gasteiger partial charge is 0.497 e. The highest BCUT2D eigenvalue weighted by Crippen LogP contribution is 2.46. The number of nitrogens with zero attached hydrogens (tertiary/aromatic N) is 1. The number of rotatable bonds is 6. The molecular weight excluding hydrogens is 433 g/mol. The molecule has 3 rings (SSSR count). The van der Waals surface area contributed by atoms with Crippen LogP contribution in [0.5, 0.6) is 5.75 Å². The van der Waals surface area contributed by atoms with Crippen LogP contribution >= 0.6 is 35.0 Å². The second-order valence-corrected chi connectivity index (χ2v) is 9.60. The molecule has 0 spiro atoms. The summed E-state index contributed by atoms with van der Waals surface area (Å²) in [6, 6.07) is 9.19. The number of anilines is 1. The Hall–Kier alpha value is -1.61. The van der Waals surface area contributed by atoms with Gasteiger partial charge in [-0.25, -0.2) is 8.42 Å². The third kappa shape index (κ3) is 3.99. The molecule has 0 radical (unpaired) electrons. The smallest absolute Gasteiger partial charge is 0.313 e. The molecule has 10 heteroatoms. The van der Waals surface area contributed by atoms with Gasteiger partial charge in [0.1, 0.15) is 5.75 Å². The molecule has 2 aromatic rings. The topological polar surface area (TPSA) is 83.9 Å². The van der Waals surface area contributed by atoms with Gasteiger partial charge in [0.15, 0.2) is 0 Å².